The van der Waals surface area contributed by atoms with Crippen molar-refractivity contribution >= 4 is 27.7 Å². The third-order valence-corrected chi connectivity index (χ3v) is 4.86. The smallest absolute Gasteiger partial charge is 0.287 e. The number of hydrogen-bond acceptors (Lipinski definition) is 5. The van der Waals surface area contributed by atoms with Crippen molar-refractivity contribution in [3.63, 3.8) is 0 Å². The van der Waals surface area contributed by atoms with E-state index in [-0.39, 0.29) is 24.3 Å². The van der Waals surface area contributed by atoms with Crippen molar-refractivity contribution in [3.05, 3.63) is 46.8 Å². The van der Waals surface area contributed by atoms with Crippen molar-refractivity contribution in [1.29, 1.82) is 0 Å². The Labute approximate surface area is 172 Å². The van der Waals surface area contributed by atoms with E-state index in [1.165, 1.54) is 0 Å². The van der Waals surface area contributed by atoms with Gasteiger partial charge in [0.05, 0.1) is 13.2 Å². The van der Waals surface area contributed by atoms with Crippen LogP contribution in [0.1, 0.15) is 30.3 Å². The normalized spacial score (nSPS) is 14.6. The first kappa shape index (κ1) is 20.3. The average molecular weight is 451 g/mol. The number of furan rings is 1. The molecule has 1 saturated heterocycles. The fourth-order valence-corrected chi connectivity index (χ4v) is 3.32. The first-order valence-corrected chi connectivity index (χ1v) is 10.1. The maximum atomic E-state index is 12.4. The van der Waals surface area contributed by atoms with Crippen LogP contribution in [0.2, 0.25) is 0 Å². The second-order valence-corrected chi connectivity index (χ2v) is 7.15. The summed E-state index contributed by atoms with van der Waals surface area (Å²) >= 11 is 3.14. The van der Waals surface area contributed by atoms with Gasteiger partial charge in [-0.15, -0.1) is 0 Å². The molecule has 1 aromatic heterocycles. The molecule has 3 rings (SSSR count). The van der Waals surface area contributed by atoms with Crippen molar-refractivity contribution < 1.29 is 23.5 Å². The Balaban J connectivity index is 1.44. The van der Waals surface area contributed by atoms with Crippen LogP contribution in [-0.4, -0.2) is 49.1 Å². The first-order valence-electron chi connectivity index (χ1n) is 9.26. The molecule has 1 aliphatic rings. The number of hydrogen-bond donors (Lipinski definition) is 1. The molecule has 7 nitrogen and oxygen atoms in total. The van der Waals surface area contributed by atoms with Crippen LogP contribution in [-0.2, 0) is 4.79 Å². The lowest BCUT2D eigenvalue weighted by Gasteiger charge is -2.32. The molecule has 1 fully saturated rings. The quantitative estimate of drug-likeness (QED) is 0.699. The summed E-state index contributed by atoms with van der Waals surface area (Å²) in [6.07, 6.45) is 1.48. The molecule has 2 amide bonds. The predicted octanol–water partition coefficient (Wildman–Crippen LogP) is 3.24. The third-order valence-electron chi connectivity index (χ3n) is 4.43. The van der Waals surface area contributed by atoms with Gasteiger partial charge >= 0.3 is 0 Å². The van der Waals surface area contributed by atoms with Gasteiger partial charge in [-0.3, -0.25) is 9.59 Å². The summed E-state index contributed by atoms with van der Waals surface area (Å²) in [5.41, 5.74) is 0. The number of carbonyl (C=O) groups excluding carboxylic acids is 2. The van der Waals surface area contributed by atoms with Crippen molar-refractivity contribution in [1.82, 2.24) is 10.2 Å². The summed E-state index contributed by atoms with van der Waals surface area (Å²) in [6, 6.07) is 10.8. The molecule has 1 aromatic carbocycles. The highest BCUT2D eigenvalue weighted by molar-refractivity contribution is 9.10. The van der Waals surface area contributed by atoms with Crippen LogP contribution in [0.5, 0.6) is 11.5 Å². The maximum Gasteiger partial charge on any atom is 0.287 e. The van der Waals surface area contributed by atoms with Crippen LogP contribution >= 0.6 is 15.9 Å². The summed E-state index contributed by atoms with van der Waals surface area (Å²) in [4.78, 5) is 26.1. The number of rotatable bonds is 7. The van der Waals surface area contributed by atoms with E-state index in [0.29, 0.717) is 24.4 Å². The van der Waals surface area contributed by atoms with Gasteiger partial charge in [0.15, 0.2) is 21.9 Å². The molecule has 1 N–H and O–H groups in total. The second-order valence-electron chi connectivity index (χ2n) is 6.36. The summed E-state index contributed by atoms with van der Waals surface area (Å²) < 4.78 is 17.3. The summed E-state index contributed by atoms with van der Waals surface area (Å²) in [5.74, 6) is 1.10. The molecule has 0 radical (unpaired) electrons. The third kappa shape index (κ3) is 5.28. The van der Waals surface area contributed by atoms with Gasteiger partial charge in [-0.25, -0.2) is 0 Å². The summed E-state index contributed by atoms with van der Waals surface area (Å²) in [7, 11) is 0. The highest BCUT2D eigenvalue weighted by Gasteiger charge is 2.25. The zero-order valence-corrected chi connectivity index (χ0v) is 17.2. The summed E-state index contributed by atoms with van der Waals surface area (Å²) in [6.45, 7) is 3.62. The monoisotopic (exact) mass is 450 g/mol. The number of nitrogens with zero attached hydrogens (tertiary/aromatic N) is 1. The Morgan fingerprint density at radius 1 is 1.18 bits per heavy atom. The van der Waals surface area contributed by atoms with Crippen molar-refractivity contribution in [2.24, 2.45) is 0 Å². The number of ether oxygens (including phenoxy) is 2. The van der Waals surface area contributed by atoms with Crippen molar-refractivity contribution in [2.45, 2.75) is 25.9 Å². The van der Waals surface area contributed by atoms with Crippen molar-refractivity contribution in [3.8, 4) is 11.5 Å². The van der Waals surface area contributed by atoms with Gasteiger partial charge in [0.1, 0.15) is 6.10 Å². The lowest BCUT2D eigenvalue weighted by Crippen LogP contribution is -2.46. The largest absolute Gasteiger partial charge is 0.490 e. The Morgan fingerprint density at radius 2 is 1.89 bits per heavy atom. The minimum absolute atomic E-state index is 0.0284. The van der Waals surface area contributed by atoms with E-state index in [9.17, 15) is 9.59 Å². The fraction of sp³-hybridized carbons (Fsp3) is 0.400. The lowest BCUT2D eigenvalue weighted by molar-refractivity contribution is -0.131. The van der Waals surface area contributed by atoms with Crippen molar-refractivity contribution in [2.75, 3.05) is 26.2 Å². The predicted molar refractivity (Wildman–Crippen MR) is 107 cm³/mol. The van der Waals surface area contributed by atoms with Crippen LogP contribution in [0.4, 0.5) is 0 Å². The number of para-hydroxylation sites is 2. The average Bonchev–Trinajstić information content (AvgIpc) is 3.14. The van der Waals surface area contributed by atoms with E-state index in [1.807, 2.05) is 31.2 Å². The standard InChI is InChI=1S/C20H23BrN2O5/c1-2-26-15-5-3-4-6-16(15)27-14-9-11-23(12-10-14)19(24)13-22-20(25)17-7-8-18(21)28-17/h3-8,14H,2,9-13H2,1H3,(H,22,25). The van der Waals surface area contributed by atoms with Crippen LogP contribution in [0.3, 0.4) is 0 Å². The fourth-order valence-electron chi connectivity index (χ4n) is 3.02. The van der Waals surface area contributed by atoms with E-state index in [1.54, 1.807) is 17.0 Å². The number of amides is 2. The molecule has 150 valence electrons. The number of nitrogens with one attached hydrogen (secondary N) is 1. The number of halogens is 1. The number of benzene rings is 1. The van der Waals surface area contributed by atoms with Gasteiger partial charge in [0.2, 0.25) is 5.91 Å². The van der Waals surface area contributed by atoms with E-state index in [4.69, 9.17) is 13.9 Å². The van der Waals surface area contributed by atoms with Gasteiger partial charge in [0.25, 0.3) is 5.91 Å². The molecular formula is C20H23BrN2O5. The lowest BCUT2D eigenvalue weighted by atomic mass is 10.1. The molecule has 2 aromatic rings. The molecule has 2 heterocycles. The Hall–Kier alpha value is -2.48. The van der Waals surface area contributed by atoms with Gasteiger partial charge < -0.3 is 24.1 Å². The highest BCUT2D eigenvalue weighted by atomic mass is 79.9. The molecule has 0 bridgehead atoms. The Bertz CT molecular complexity index is 814. The number of likely N-dealkylation sites (tertiary alicyclic amines) is 1. The Morgan fingerprint density at radius 3 is 2.54 bits per heavy atom. The molecule has 0 unspecified atom stereocenters. The maximum absolute atomic E-state index is 12.4. The molecule has 0 atom stereocenters. The minimum Gasteiger partial charge on any atom is -0.490 e. The molecule has 0 saturated carbocycles. The molecule has 28 heavy (non-hydrogen) atoms. The van der Waals surface area contributed by atoms with E-state index in [0.717, 1.165) is 24.3 Å². The molecule has 8 heteroatoms. The van der Waals surface area contributed by atoms with Gasteiger partial charge in [-0.2, -0.15) is 0 Å². The molecule has 1 aliphatic heterocycles. The second kappa shape index (κ2) is 9.64. The zero-order valence-electron chi connectivity index (χ0n) is 15.7. The number of piperidine rings is 1. The minimum atomic E-state index is -0.412. The molecular weight excluding hydrogens is 428 g/mol. The zero-order chi connectivity index (χ0) is 19.9. The Kier molecular flexibility index (Phi) is 6.97. The molecule has 0 aliphatic carbocycles. The van der Waals surface area contributed by atoms with E-state index in [2.05, 4.69) is 21.2 Å². The molecule has 0 spiro atoms. The SMILES string of the molecule is CCOc1ccccc1OC1CCN(C(=O)CNC(=O)c2ccc(Br)o2)CC1. The first-order chi connectivity index (χ1) is 13.6. The van der Waals surface area contributed by atoms with Crippen LogP contribution in [0, 0.1) is 0 Å². The van der Waals surface area contributed by atoms with Gasteiger partial charge in [-0.1, -0.05) is 12.1 Å². The topological polar surface area (TPSA) is 81.0 Å². The van der Waals surface area contributed by atoms with Crippen LogP contribution in [0.25, 0.3) is 0 Å². The van der Waals surface area contributed by atoms with Gasteiger partial charge in [0, 0.05) is 25.9 Å². The number of carbonyl (C=O) groups is 2. The van der Waals surface area contributed by atoms with Crippen LogP contribution < -0.4 is 14.8 Å². The van der Waals surface area contributed by atoms with Crippen LogP contribution in [0.15, 0.2) is 45.5 Å². The van der Waals surface area contributed by atoms with E-state index < -0.39 is 5.91 Å². The highest BCUT2D eigenvalue weighted by Crippen LogP contribution is 2.29. The van der Waals surface area contributed by atoms with E-state index >= 15 is 0 Å². The van der Waals surface area contributed by atoms with Gasteiger partial charge in [-0.05, 0) is 47.1 Å². The summed E-state index contributed by atoms with van der Waals surface area (Å²) in [5, 5.41) is 2.59.